The third kappa shape index (κ3) is 5.61. The number of hydrogen-bond acceptors (Lipinski definition) is 3. The monoisotopic (exact) mass is 315 g/mol. The van der Waals surface area contributed by atoms with E-state index in [0.29, 0.717) is 0 Å². The van der Waals surface area contributed by atoms with E-state index in [4.69, 9.17) is 5.73 Å². The molecule has 118 valence electrons. The summed E-state index contributed by atoms with van der Waals surface area (Å²) in [6.45, 7) is 4.38. The third-order valence-electron chi connectivity index (χ3n) is 3.67. The van der Waals surface area contributed by atoms with Crippen LogP contribution in [0.1, 0.15) is 25.3 Å². The molecule has 6 heteroatoms. The van der Waals surface area contributed by atoms with Crippen molar-refractivity contribution < 1.29 is 9.18 Å². The van der Waals surface area contributed by atoms with Crippen molar-refractivity contribution in [1.29, 1.82) is 0 Å². The number of carbonyl (C=O) groups is 1. The lowest BCUT2D eigenvalue weighted by Gasteiger charge is -2.32. The number of hydrogen-bond donors (Lipinski definition) is 2. The van der Waals surface area contributed by atoms with E-state index in [1.54, 1.807) is 6.92 Å². The Morgan fingerprint density at radius 2 is 1.95 bits per heavy atom. The molecule has 0 radical (unpaired) electrons. The molecule has 0 bridgehead atoms. The molecular weight excluding hydrogens is 293 g/mol. The van der Waals surface area contributed by atoms with Gasteiger partial charge in [-0.05, 0) is 37.5 Å². The third-order valence-corrected chi connectivity index (χ3v) is 3.67. The summed E-state index contributed by atoms with van der Waals surface area (Å²) in [5, 5.41) is 2.97. The zero-order valence-corrected chi connectivity index (χ0v) is 13.0. The topological polar surface area (TPSA) is 58.4 Å². The molecule has 1 aromatic carbocycles. The van der Waals surface area contributed by atoms with Crippen LogP contribution in [-0.2, 0) is 11.3 Å². The Labute approximate surface area is 131 Å². The summed E-state index contributed by atoms with van der Waals surface area (Å²) in [6, 6.07) is 6.39. The molecule has 3 N–H and O–H groups in total. The number of amides is 1. The minimum absolute atomic E-state index is 0. The average Bonchev–Trinajstić information content (AvgIpc) is 2.43. The van der Waals surface area contributed by atoms with Crippen molar-refractivity contribution in [3.63, 3.8) is 0 Å². The van der Waals surface area contributed by atoms with Gasteiger partial charge in [-0.3, -0.25) is 9.69 Å². The first kappa shape index (κ1) is 17.9. The molecule has 1 atom stereocenters. The summed E-state index contributed by atoms with van der Waals surface area (Å²) in [7, 11) is 0. The van der Waals surface area contributed by atoms with Crippen molar-refractivity contribution in [2.45, 2.75) is 38.4 Å². The molecule has 1 heterocycles. The first-order valence-corrected chi connectivity index (χ1v) is 7.07. The summed E-state index contributed by atoms with van der Waals surface area (Å²) >= 11 is 0. The van der Waals surface area contributed by atoms with Crippen LogP contribution in [0.4, 0.5) is 4.39 Å². The van der Waals surface area contributed by atoms with Crippen molar-refractivity contribution in [1.82, 2.24) is 10.2 Å². The molecule has 1 aromatic rings. The number of halogens is 2. The molecule has 1 fully saturated rings. The highest BCUT2D eigenvalue weighted by Crippen LogP contribution is 2.14. The molecule has 0 spiro atoms. The Kier molecular flexibility index (Phi) is 7.08. The lowest BCUT2D eigenvalue weighted by Crippen LogP contribution is -2.48. The SMILES string of the molecule is CC(N)C(=O)NC1CCN(Cc2ccc(F)cc2)CC1.Cl. The van der Waals surface area contributed by atoms with Gasteiger partial charge in [-0.2, -0.15) is 0 Å². The fourth-order valence-corrected chi connectivity index (χ4v) is 2.42. The highest BCUT2D eigenvalue weighted by Gasteiger charge is 2.21. The van der Waals surface area contributed by atoms with Crippen LogP contribution < -0.4 is 11.1 Å². The van der Waals surface area contributed by atoms with Crippen LogP contribution in [0.25, 0.3) is 0 Å². The van der Waals surface area contributed by atoms with Gasteiger partial charge in [0.25, 0.3) is 0 Å². The fraction of sp³-hybridized carbons (Fsp3) is 0.533. The molecule has 0 aromatic heterocycles. The number of nitrogens with zero attached hydrogens (tertiary/aromatic N) is 1. The van der Waals surface area contributed by atoms with Gasteiger partial charge in [0.2, 0.25) is 5.91 Å². The predicted octanol–water partition coefficient (Wildman–Crippen LogP) is 1.68. The summed E-state index contributed by atoms with van der Waals surface area (Å²) in [5.41, 5.74) is 6.66. The Morgan fingerprint density at radius 3 is 2.48 bits per heavy atom. The maximum Gasteiger partial charge on any atom is 0.236 e. The van der Waals surface area contributed by atoms with Gasteiger partial charge in [0.15, 0.2) is 0 Å². The lowest BCUT2D eigenvalue weighted by molar-refractivity contribution is -0.123. The normalized spacial score (nSPS) is 17.9. The summed E-state index contributed by atoms with van der Waals surface area (Å²) in [4.78, 5) is 13.9. The van der Waals surface area contributed by atoms with Crippen LogP contribution in [0.15, 0.2) is 24.3 Å². The van der Waals surface area contributed by atoms with E-state index in [1.165, 1.54) is 12.1 Å². The van der Waals surface area contributed by atoms with Gasteiger partial charge in [0.1, 0.15) is 5.82 Å². The lowest BCUT2D eigenvalue weighted by atomic mass is 10.0. The highest BCUT2D eigenvalue weighted by atomic mass is 35.5. The number of likely N-dealkylation sites (tertiary alicyclic amines) is 1. The van der Waals surface area contributed by atoms with Crippen LogP contribution in [-0.4, -0.2) is 36.0 Å². The van der Waals surface area contributed by atoms with E-state index >= 15 is 0 Å². The second-order valence-corrected chi connectivity index (χ2v) is 5.47. The first-order chi connectivity index (χ1) is 9.54. The molecule has 1 unspecified atom stereocenters. The van der Waals surface area contributed by atoms with Crippen LogP contribution in [0.2, 0.25) is 0 Å². The Balaban J connectivity index is 0.00000220. The van der Waals surface area contributed by atoms with E-state index < -0.39 is 6.04 Å². The van der Waals surface area contributed by atoms with Crippen LogP contribution in [0.5, 0.6) is 0 Å². The summed E-state index contributed by atoms with van der Waals surface area (Å²) < 4.78 is 12.8. The Morgan fingerprint density at radius 1 is 1.38 bits per heavy atom. The zero-order chi connectivity index (χ0) is 14.5. The summed E-state index contributed by atoms with van der Waals surface area (Å²) in [5.74, 6) is -0.284. The average molecular weight is 316 g/mol. The van der Waals surface area contributed by atoms with Gasteiger partial charge >= 0.3 is 0 Å². The van der Waals surface area contributed by atoms with Gasteiger partial charge in [0.05, 0.1) is 6.04 Å². The highest BCUT2D eigenvalue weighted by molar-refractivity contribution is 5.85. The maximum absolute atomic E-state index is 12.8. The molecule has 1 aliphatic rings. The molecule has 0 saturated carbocycles. The molecule has 1 saturated heterocycles. The van der Waals surface area contributed by atoms with Gasteiger partial charge in [0, 0.05) is 25.7 Å². The zero-order valence-electron chi connectivity index (χ0n) is 12.2. The number of nitrogens with one attached hydrogen (secondary N) is 1. The summed E-state index contributed by atoms with van der Waals surface area (Å²) in [6.07, 6.45) is 1.86. The van der Waals surface area contributed by atoms with E-state index in [2.05, 4.69) is 10.2 Å². The largest absolute Gasteiger partial charge is 0.352 e. The second kappa shape index (κ2) is 8.32. The van der Waals surface area contributed by atoms with Gasteiger partial charge < -0.3 is 11.1 Å². The molecule has 21 heavy (non-hydrogen) atoms. The molecule has 1 amide bonds. The number of piperidine rings is 1. The molecule has 2 rings (SSSR count). The maximum atomic E-state index is 12.8. The van der Waals surface area contributed by atoms with E-state index in [0.717, 1.165) is 38.0 Å². The second-order valence-electron chi connectivity index (χ2n) is 5.47. The molecule has 0 aliphatic carbocycles. The predicted molar refractivity (Wildman–Crippen MR) is 83.7 cm³/mol. The van der Waals surface area contributed by atoms with Crippen LogP contribution in [0.3, 0.4) is 0 Å². The standard InChI is InChI=1S/C15H22FN3O.ClH/c1-11(17)15(20)18-14-6-8-19(9-7-14)10-12-2-4-13(16)5-3-12;/h2-5,11,14H,6-10,17H2,1H3,(H,18,20);1H. The number of rotatable bonds is 4. The number of carbonyl (C=O) groups excluding carboxylic acids is 1. The van der Waals surface area contributed by atoms with Crippen LogP contribution in [0, 0.1) is 5.82 Å². The Bertz CT molecular complexity index is 445. The van der Waals surface area contributed by atoms with Gasteiger partial charge in [-0.25, -0.2) is 4.39 Å². The quantitative estimate of drug-likeness (QED) is 0.888. The van der Waals surface area contributed by atoms with Gasteiger partial charge in [-0.15, -0.1) is 12.4 Å². The number of nitrogens with two attached hydrogens (primary N) is 1. The van der Waals surface area contributed by atoms with Crippen molar-refractivity contribution in [3.05, 3.63) is 35.6 Å². The fourth-order valence-electron chi connectivity index (χ4n) is 2.42. The van der Waals surface area contributed by atoms with E-state index in [-0.39, 0.29) is 30.2 Å². The van der Waals surface area contributed by atoms with Crippen molar-refractivity contribution in [2.75, 3.05) is 13.1 Å². The molecule has 1 aliphatic heterocycles. The molecular formula is C15H23ClFN3O. The minimum Gasteiger partial charge on any atom is -0.352 e. The van der Waals surface area contributed by atoms with Crippen molar-refractivity contribution in [2.24, 2.45) is 5.73 Å². The Hall–Kier alpha value is -1.17. The number of benzene rings is 1. The van der Waals surface area contributed by atoms with E-state index in [1.807, 2.05) is 12.1 Å². The van der Waals surface area contributed by atoms with Crippen molar-refractivity contribution in [3.8, 4) is 0 Å². The van der Waals surface area contributed by atoms with E-state index in [9.17, 15) is 9.18 Å². The molecule has 4 nitrogen and oxygen atoms in total. The van der Waals surface area contributed by atoms with Gasteiger partial charge in [-0.1, -0.05) is 12.1 Å². The van der Waals surface area contributed by atoms with Crippen LogP contribution >= 0.6 is 12.4 Å². The van der Waals surface area contributed by atoms with Crippen molar-refractivity contribution >= 4 is 18.3 Å². The first-order valence-electron chi connectivity index (χ1n) is 7.07. The smallest absolute Gasteiger partial charge is 0.236 e. The minimum atomic E-state index is -0.452.